The molecule has 3 aromatic rings. The Kier molecular flexibility index (Phi) is 8.35. The molecular weight excluding hydrogens is 418 g/mol. The van der Waals surface area contributed by atoms with Crippen LogP contribution in [0.15, 0.2) is 42.5 Å². The van der Waals surface area contributed by atoms with Gasteiger partial charge in [-0.05, 0) is 41.8 Å². The van der Waals surface area contributed by atoms with Crippen molar-refractivity contribution in [1.82, 2.24) is 9.55 Å². The zero-order valence-corrected chi connectivity index (χ0v) is 20.1. The molecule has 3 rings (SSSR count). The quantitative estimate of drug-likeness (QED) is 0.455. The highest BCUT2D eigenvalue weighted by atomic mass is 16.5. The summed E-state index contributed by atoms with van der Waals surface area (Å²) in [6.45, 7) is 2.07. The first-order valence-corrected chi connectivity index (χ1v) is 11.2. The first-order valence-electron chi connectivity index (χ1n) is 11.2. The summed E-state index contributed by atoms with van der Waals surface area (Å²) >= 11 is 0. The Morgan fingerprint density at radius 2 is 1.64 bits per heavy atom. The molecule has 0 spiro atoms. The van der Waals surface area contributed by atoms with E-state index in [-0.39, 0.29) is 5.91 Å². The standard InChI is InChI=1S/C26H33N3O4/c1-6-7-8-25(30)28-26-27-21(15-18-9-12-20(31-3)13-10-18)22(29(26)2)16-19-11-14-23(32-4)24(17-19)33-5/h9-14,17H,6-8,15-16H2,1-5H3,(H,27,28,30). The highest BCUT2D eigenvalue weighted by Crippen LogP contribution is 2.30. The second-order valence-corrected chi connectivity index (χ2v) is 7.93. The van der Waals surface area contributed by atoms with E-state index in [1.807, 2.05) is 54.1 Å². The smallest absolute Gasteiger partial charge is 0.226 e. The van der Waals surface area contributed by atoms with Gasteiger partial charge in [-0.15, -0.1) is 0 Å². The van der Waals surface area contributed by atoms with Crippen molar-refractivity contribution in [3.05, 3.63) is 65.0 Å². The number of ether oxygens (including phenoxy) is 3. The van der Waals surface area contributed by atoms with E-state index >= 15 is 0 Å². The molecule has 1 amide bonds. The highest BCUT2D eigenvalue weighted by molar-refractivity contribution is 5.89. The second kappa shape index (κ2) is 11.4. The van der Waals surface area contributed by atoms with Crippen LogP contribution in [-0.2, 0) is 24.7 Å². The maximum Gasteiger partial charge on any atom is 0.226 e. The number of benzene rings is 2. The van der Waals surface area contributed by atoms with Crippen molar-refractivity contribution in [1.29, 1.82) is 0 Å². The Hall–Kier alpha value is -3.48. The van der Waals surface area contributed by atoms with Gasteiger partial charge in [-0.3, -0.25) is 10.1 Å². The van der Waals surface area contributed by atoms with E-state index in [1.165, 1.54) is 0 Å². The minimum absolute atomic E-state index is 0.0152. The highest BCUT2D eigenvalue weighted by Gasteiger charge is 2.18. The van der Waals surface area contributed by atoms with Crippen LogP contribution in [0.2, 0.25) is 0 Å². The van der Waals surface area contributed by atoms with Gasteiger partial charge in [0.05, 0.1) is 27.0 Å². The van der Waals surface area contributed by atoms with Crippen LogP contribution < -0.4 is 19.5 Å². The van der Waals surface area contributed by atoms with Crippen LogP contribution in [0.3, 0.4) is 0 Å². The number of carbonyl (C=O) groups excluding carboxylic acids is 1. The molecule has 0 saturated carbocycles. The van der Waals surface area contributed by atoms with Gasteiger partial charge in [-0.25, -0.2) is 4.98 Å². The third-order valence-corrected chi connectivity index (χ3v) is 5.66. The Morgan fingerprint density at radius 3 is 2.27 bits per heavy atom. The Bertz CT molecular complexity index is 1070. The van der Waals surface area contributed by atoms with E-state index in [4.69, 9.17) is 19.2 Å². The third-order valence-electron chi connectivity index (χ3n) is 5.66. The van der Waals surface area contributed by atoms with Gasteiger partial charge in [-0.1, -0.05) is 31.5 Å². The van der Waals surface area contributed by atoms with Gasteiger partial charge < -0.3 is 18.8 Å². The molecule has 0 unspecified atom stereocenters. The number of nitrogens with one attached hydrogen (secondary N) is 1. The molecule has 1 heterocycles. The van der Waals surface area contributed by atoms with Gasteiger partial charge in [0.25, 0.3) is 0 Å². The second-order valence-electron chi connectivity index (χ2n) is 7.93. The fourth-order valence-electron chi connectivity index (χ4n) is 3.71. The lowest BCUT2D eigenvalue weighted by atomic mass is 10.0. The lowest BCUT2D eigenvalue weighted by molar-refractivity contribution is -0.116. The van der Waals surface area contributed by atoms with E-state index in [9.17, 15) is 4.79 Å². The number of rotatable bonds is 11. The van der Waals surface area contributed by atoms with Gasteiger partial charge >= 0.3 is 0 Å². The van der Waals surface area contributed by atoms with Crippen LogP contribution in [0, 0.1) is 0 Å². The molecule has 0 radical (unpaired) electrons. The first-order chi connectivity index (χ1) is 16.0. The summed E-state index contributed by atoms with van der Waals surface area (Å²) in [6, 6.07) is 13.9. The molecule has 33 heavy (non-hydrogen) atoms. The largest absolute Gasteiger partial charge is 0.497 e. The number of hydrogen-bond acceptors (Lipinski definition) is 5. The van der Waals surface area contributed by atoms with E-state index in [2.05, 4.69) is 12.2 Å². The number of nitrogens with zero attached hydrogens (tertiary/aromatic N) is 2. The van der Waals surface area contributed by atoms with Crippen molar-refractivity contribution in [2.45, 2.75) is 39.0 Å². The number of aromatic nitrogens is 2. The summed E-state index contributed by atoms with van der Waals surface area (Å²) in [5.41, 5.74) is 4.13. The molecule has 2 aromatic carbocycles. The van der Waals surface area contributed by atoms with Crippen molar-refractivity contribution in [2.24, 2.45) is 7.05 Å². The number of unbranched alkanes of at least 4 members (excludes halogenated alkanes) is 1. The molecule has 0 aliphatic heterocycles. The average molecular weight is 452 g/mol. The van der Waals surface area contributed by atoms with Crippen LogP contribution in [-0.4, -0.2) is 36.8 Å². The SMILES string of the molecule is CCCCC(=O)Nc1nc(Cc2ccc(OC)cc2)c(Cc2ccc(OC)c(OC)c2)n1C. The van der Waals surface area contributed by atoms with E-state index in [0.717, 1.165) is 41.1 Å². The molecule has 0 bridgehead atoms. The molecule has 0 atom stereocenters. The zero-order chi connectivity index (χ0) is 23.8. The molecule has 1 N–H and O–H groups in total. The monoisotopic (exact) mass is 451 g/mol. The Morgan fingerprint density at radius 1 is 0.939 bits per heavy atom. The van der Waals surface area contributed by atoms with Gasteiger partial charge in [-0.2, -0.15) is 0 Å². The maximum absolute atomic E-state index is 12.4. The van der Waals surface area contributed by atoms with Gasteiger partial charge in [0.1, 0.15) is 5.75 Å². The molecule has 7 nitrogen and oxygen atoms in total. The topological polar surface area (TPSA) is 74.6 Å². The predicted octanol–water partition coefficient (Wildman–Crippen LogP) is 4.76. The summed E-state index contributed by atoms with van der Waals surface area (Å²) in [5.74, 6) is 2.73. The number of anilines is 1. The van der Waals surface area contributed by atoms with Crippen LogP contribution in [0.5, 0.6) is 17.2 Å². The predicted molar refractivity (Wildman–Crippen MR) is 130 cm³/mol. The Balaban J connectivity index is 1.93. The fourth-order valence-corrected chi connectivity index (χ4v) is 3.71. The van der Waals surface area contributed by atoms with Crippen molar-refractivity contribution in [2.75, 3.05) is 26.6 Å². The molecule has 0 fully saturated rings. The fraction of sp³-hybridized carbons (Fsp3) is 0.385. The van der Waals surface area contributed by atoms with Crippen molar-refractivity contribution < 1.29 is 19.0 Å². The molecule has 0 aliphatic carbocycles. The lowest BCUT2D eigenvalue weighted by Crippen LogP contribution is -2.15. The Labute approximate surface area is 195 Å². The minimum Gasteiger partial charge on any atom is -0.497 e. The number of amides is 1. The summed E-state index contributed by atoms with van der Waals surface area (Å²) in [4.78, 5) is 17.2. The van der Waals surface area contributed by atoms with E-state index < -0.39 is 0 Å². The van der Waals surface area contributed by atoms with Crippen LogP contribution in [0.4, 0.5) is 5.95 Å². The van der Waals surface area contributed by atoms with E-state index in [0.29, 0.717) is 36.7 Å². The van der Waals surface area contributed by atoms with Crippen molar-refractivity contribution in [3.8, 4) is 17.2 Å². The summed E-state index contributed by atoms with van der Waals surface area (Å²) < 4.78 is 18.1. The lowest BCUT2D eigenvalue weighted by Gasteiger charge is -2.12. The zero-order valence-electron chi connectivity index (χ0n) is 20.1. The summed E-state index contributed by atoms with van der Waals surface area (Å²) in [7, 11) is 6.85. The molecule has 176 valence electrons. The normalized spacial score (nSPS) is 10.7. The van der Waals surface area contributed by atoms with Gasteiger partial charge in [0, 0.05) is 32.0 Å². The number of methoxy groups -OCH3 is 3. The summed E-state index contributed by atoms with van der Waals surface area (Å²) in [6.07, 6.45) is 3.60. The van der Waals surface area contributed by atoms with Crippen LogP contribution >= 0.6 is 0 Å². The van der Waals surface area contributed by atoms with E-state index in [1.54, 1.807) is 21.3 Å². The van der Waals surface area contributed by atoms with Crippen molar-refractivity contribution >= 4 is 11.9 Å². The van der Waals surface area contributed by atoms with Gasteiger partial charge in [0.15, 0.2) is 11.5 Å². The first kappa shape index (κ1) is 24.2. The number of carbonyl (C=O) groups is 1. The summed E-state index contributed by atoms with van der Waals surface area (Å²) in [5, 5.41) is 2.98. The number of imidazole rings is 1. The molecular formula is C26H33N3O4. The minimum atomic E-state index is -0.0152. The molecule has 0 saturated heterocycles. The van der Waals surface area contributed by atoms with Crippen LogP contribution in [0.25, 0.3) is 0 Å². The molecule has 1 aromatic heterocycles. The van der Waals surface area contributed by atoms with Crippen molar-refractivity contribution in [3.63, 3.8) is 0 Å². The number of hydrogen-bond donors (Lipinski definition) is 1. The van der Waals surface area contributed by atoms with Crippen LogP contribution in [0.1, 0.15) is 48.7 Å². The van der Waals surface area contributed by atoms with Gasteiger partial charge in [0.2, 0.25) is 11.9 Å². The molecule has 0 aliphatic rings. The average Bonchev–Trinajstić information content (AvgIpc) is 3.11. The third kappa shape index (κ3) is 6.06. The maximum atomic E-state index is 12.4. The molecule has 7 heteroatoms.